The molecule has 5 heteroatoms. The molecule has 1 aliphatic rings. The molecule has 0 radical (unpaired) electrons. The third kappa shape index (κ3) is 5.23. The number of nitrogens with two attached hydrogens (primary N) is 2. The highest BCUT2D eigenvalue weighted by molar-refractivity contribution is 5.71. The molecule has 0 aliphatic heterocycles. The van der Waals surface area contributed by atoms with Gasteiger partial charge < -0.3 is 11.5 Å². The van der Waals surface area contributed by atoms with E-state index in [1.165, 1.54) is 32.1 Å². The van der Waals surface area contributed by atoms with Gasteiger partial charge in [-0.15, -0.1) is 0 Å². The zero-order valence-corrected chi connectivity index (χ0v) is 16.6. The summed E-state index contributed by atoms with van der Waals surface area (Å²) in [6, 6.07) is 4.03. The molecular weight excluding hydrogens is 334 g/mol. The minimum atomic E-state index is 0.106. The number of pyridine rings is 1. The number of aryl methyl sites for hydroxylation is 1. The van der Waals surface area contributed by atoms with Gasteiger partial charge in [0.25, 0.3) is 0 Å². The number of hydrogen-bond donors (Lipinski definition) is 2. The van der Waals surface area contributed by atoms with Crippen LogP contribution < -0.4 is 11.5 Å². The molecule has 0 spiro atoms. The van der Waals surface area contributed by atoms with E-state index in [-0.39, 0.29) is 17.1 Å². The molecular formula is C22H31N5. The van der Waals surface area contributed by atoms with Crippen LogP contribution in [0.4, 0.5) is 11.5 Å². The standard InChI is InChI=1S/C22H31N5/c1-3-15-5-8-17(9-6-15)10-7-16(4-2)11-12-20-18(13-23)21(25)19(14-24)22(26)27-20/h10,15-16H,3-9,11-12H2,1-2H3,(H4,25,26,27). The minimum Gasteiger partial charge on any atom is -0.396 e. The van der Waals surface area contributed by atoms with Crippen molar-refractivity contribution >= 4 is 11.5 Å². The number of allylic oxidation sites excluding steroid dienone is 2. The van der Waals surface area contributed by atoms with Gasteiger partial charge in [0.05, 0.1) is 16.9 Å². The molecule has 1 aromatic rings. The zero-order chi connectivity index (χ0) is 19.8. The van der Waals surface area contributed by atoms with Crippen molar-refractivity contribution in [3.05, 3.63) is 28.5 Å². The second-order valence-corrected chi connectivity index (χ2v) is 7.59. The van der Waals surface area contributed by atoms with Crippen LogP contribution in [0.2, 0.25) is 0 Å². The lowest BCUT2D eigenvalue weighted by molar-refractivity contribution is 0.394. The lowest BCUT2D eigenvalue weighted by atomic mass is 9.83. The first kappa shape index (κ1) is 20.8. The van der Waals surface area contributed by atoms with E-state index in [1.807, 2.05) is 6.07 Å². The van der Waals surface area contributed by atoms with Crippen LogP contribution in [0, 0.1) is 34.5 Å². The van der Waals surface area contributed by atoms with E-state index in [0.717, 1.165) is 25.2 Å². The highest BCUT2D eigenvalue weighted by atomic mass is 14.9. The molecule has 0 aromatic carbocycles. The average molecular weight is 366 g/mol. The summed E-state index contributed by atoms with van der Waals surface area (Å²) in [5, 5.41) is 18.5. The Morgan fingerprint density at radius 3 is 2.37 bits per heavy atom. The zero-order valence-electron chi connectivity index (χ0n) is 16.6. The maximum Gasteiger partial charge on any atom is 0.143 e. The van der Waals surface area contributed by atoms with Gasteiger partial charge in [0.1, 0.15) is 23.5 Å². The molecule has 0 amide bonds. The second kappa shape index (κ2) is 9.97. The van der Waals surface area contributed by atoms with Crippen LogP contribution in [0.15, 0.2) is 11.6 Å². The molecule has 1 atom stereocenters. The quantitative estimate of drug-likeness (QED) is 0.670. The number of nitrogen functional groups attached to an aromatic ring is 2. The van der Waals surface area contributed by atoms with Crippen molar-refractivity contribution in [3.63, 3.8) is 0 Å². The van der Waals surface area contributed by atoms with Crippen LogP contribution in [-0.2, 0) is 6.42 Å². The van der Waals surface area contributed by atoms with Gasteiger partial charge in [0.2, 0.25) is 0 Å². The second-order valence-electron chi connectivity index (χ2n) is 7.59. The monoisotopic (exact) mass is 365 g/mol. The molecule has 4 N–H and O–H groups in total. The Morgan fingerprint density at radius 2 is 1.81 bits per heavy atom. The molecule has 1 unspecified atom stereocenters. The van der Waals surface area contributed by atoms with Crippen LogP contribution in [0.3, 0.4) is 0 Å². The average Bonchev–Trinajstić information content (AvgIpc) is 2.68. The van der Waals surface area contributed by atoms with Crippen molar-refractivity contribution in [2.45, 2.75) is 71.6 Å². The Balaban J connectivity index is 2.00. The van der Waals surface area contributed by atoms with E-state index >= 15 is 0 Å². The molecule has 0 bridgehead atoms. The highest BCUT2D eigenvalue weighted by Gasteiger charge is 2.18. The number of nitriles is 2. The first-order valence-electron chi connectivity index (χ1n) is 10.1. The van der Waals surface area contributed by atoms with E-state index in [1.54, 1.807) is 5.57 Å². The van der Waals surface area contributed by atoms with E-state index in [2.05, 4.69) is 31.0 Å². The molecule has 144 valence electrons. The normalized spacial score (nSPS) is 17.8. The highest BCUT2D eigenvalue weighted by Crippen LogP contribution is 2.31. The predicted molar refractivity (Wildman–Crippen MR) is 110 cm³/mol. The third-order valence-corrected chi connectivity index (χ3v) is 5.99. The Labute approximate surface area is 163 Å². The molecule has 1 aromatic heterocycles. The van der Waals surface area contributed by atoms with E-state index in [0.29, 0.717) is 23.6 Å². The van der Waals surface area contributed by atoms with Crippen molar-refractivity contribution in [2.24, 2.45) is 11.8 Å². The summed E-state index contributed by atoms with van der Waals surface area (Å²) in [5.74, 6) is 1.58. The van der Waals surface area contributed by atoms with Crippen LogP contribution in [0.25, 0.3) is 0 Å². The topological polar surface area (TPSA) is 113 Å². The number of aromatic nitrogens is 1. The number of rotatable bonds is 7. The third-order valence-electron chi connectivity index (χ3n) is 5.99. The van der Waals surface area contributed by atoms with Crippen molar-refractivity contribution in [1.29, 1.82) is 10.5 Å². The summed E-state index contributed by atoms with van der Waals surface area (Å²) in [6.45, 7) is 4.50. The number of nitrogens with zero attached hydrogens (tertiary/aromatic N) is 3. The van der Waals surface area contributed by atoms with Gasteiger partial charge in [0.15, 0.2) is 0 Å². The predicted octanol–water partition coefficient (Wildman–Crippen LogP) is 4.86. The number of hydrogen-bond acceptors (Lipinski definition) is 5. The number of anilines is 2. The Hall–Kier alpha value is -2.53. The lowest BCUT2D eigenvalue weighted by Crippen LogP contribution is -2.10. The van der Waals surface area contributed by atoms with Crippen molar-refractivity contribution in [2.75, 3.05) is 11.5 Å². The summed E-state index contributed by atoms with van der Waals surface area (Å²) >= 11 is 0. The largest absolute Gasteiger partial charge is 0.396 e. The summed E-state index contributed by atoms with van der Waals surface area (Å²) in [7, 11) is 0. The van der Waals surface area contributed by atoms with Gasteiger partial charge in [-0.2, -0.15) is 10.5 Å². The van der Waals surface area contributed by atoms with E-state index < -0.39 is 0 Å². The SMILES string of the molecule is CCC(CC=C1CCC(CC)CC1)CCc1nc(N)c(C#N)c(N)c1C#N. The van der Waals surface area contributed by atoms with Crippen LogP contribution in [0.1, 0.15) is 82.0 Å². The summed E-state index contributed by atoms with van der Waals surface area (Å²) in [4.78, 5) is 4.29. The Morgan fingerprint density at radius 1 is 1.15 bits per heavy atom. The molecule has 1 saturated carbocycles. The van der Waals surface area contributed by atoms with Crippen LogP contribution >= 0.6 is 0 Å². The fraction of sp³-hybridized carbons (Fsp3) is 0.591. The van der Waals surface area contributed by atoms with Crippen LogP contribution in [0.5, 0.6) is 0 Å². The lowest BCUT2D eigenvalue weighted by Gasteiger charge is -2.23. The molecule has 0 saturated heterocycles. The molecule has 5 nitrogen and oxygen atoms in total. The van der Waals surface area contributed by atoms with Gasteiger partial charge in [0, 0.05) is 0 Å². The minimum absolute atomic E-state index is 0.106. The van der Waals surface area contributed by atoms with Crippen LogP contribution in [-0.4, -0.2) is 4.98 Å². The maximum absolute atomic E-state index is 9.42. The van der Waals surface area contributed by atoms with E-state index in [4.69, 9.17) is 16.7 Å². The van der Waals surface area contributed by atoms with Gasteiger partial charge in [-0.3, -0.25) is 0 Å². The molecule has 2 rings (SSSR count). The smallest absolute Gasteiger partial charge is 0.143 e. The summed E-state index contributed by atoms with van der Waals surface area (Å²) in [5.41, 5.74) is 14.6. The first-order valence-corrected chi connectivity index (χ1v) is 10.1. The summed E-state index contributed by atoms with van der Waals surface area (Å²) < 4.78 is 0. The fourth-order valence-corrected chi connectivity index (χ4v) is 3.92. The van der Waals surface area contributed by atoms with Crippen molar-refractivity contribution < 1.29 is 0 Å². The Kier molecular flexibility index (Phi) is 7.67. The van der Waals surface area contributed by atoms with Gasteiger partial charge in [-0.05, 0) is 56.8 Å². The molecule has 1 heterocycles. The maximum atomic E-state index is 9.42. The van der Waals surface area contributed by atoms with Crippen molar-refractivity contribution in [1.82, 2.24) is 4.98 Å². The van der Waals surface area contributed by atoms with E-state index in [9.17, 15) is 5.26 Å². The molecule has 27 heavy (non-hydrogen) atoms. The fourth-order valence-electron chi connectivity index (χ4n) is 3.92. The first-order chi connectivity index (χ1) is 13.0. The van der Waals surface area contributed by atoms with Gasteiger partial charge in [-0.25, -0.2) is 4.98 Å². The van der Waals surface area contributed by atoms with Gasteiger partial charge in [-0.1, -0.05) is 38.3 Å². The molecule has 1 fully saturated rings. The van der Waals surface area contributed by atoms with Gasteiger partial charge >= 0.3 is 0 Å². The summed E-state index contributed by atoms with van der Waals surface area (Å²) in [6.07, 6.45) is 12.7. The van der Waals surface area contributed by atoms with Crippen molar-refractivity contribution in [3.8, 4) is 12.1 Å². The Bertz CT molecular complexity index is 756. The molecule has 1 aliphatic carbocycles.